The summed E-state index contributed by atoms with van der Waals surface area (Å²) >= 11 is 0. The van der Waals surface area contributed by atoms with Crippen LogP contribution in [0.5, 0.6) is 0 Å². The van der Waals surface area contributed by atoms with Gasteiger partial charge < -0.3 is 10.1 Å². The van der Waals surface area contributed by atoms with Gasteiger partial charge in [0.05, 0.1) is 0 Å². The van der Waals surface area contributed by atoms with E-state index in [1.54, 1.807) is 0 Å². The molecule has 0 aromatic heterocycles. The van der Waals surface area contributed by atoms with Gasteiger partial charge in [0, 0.05) is 12.1 Å². The molecule has 0 unspecified atom stereocenters. The van der Waals surface area contributed by atoms with Crippen LogP contribution < -0.4 is 5.32 Å². The molecule has 1 aromatic rings. The number of fused-ring (bicyclic) bond motifs is 1. The molecule has 2 atom stereocenters. The highest BCUT2D eigenvalue weighted by atomic mass is 35.5. The molecule has 142 valence electrons. The lowest BCUT2D eigenvalue weighted by Gasteiger charge is -2.31. The van der Waals surface area contributed by atoms with Gasteiger partial charge in [0.2, 0.25) is 0 Å². The van der Waals surface area contributed by atoms with E-state index in [0.29, 0.717) is 24.8 Å². The molecule has 25 heavy (non-hydrogen) atoms. The van der Waals surface area contributed by atoms with Crippen molar-refractivity contribution in [3.8, 4) is 0 Å². The summed E-state index contributed by atoms with van der Waals surface area (Å²) in [5.74, 6) is -1.30. The van der Waals surface area contributed by atoms with Crippen molar-refractivity contribution in [2.75, 3.05) is 0 Å². The van der Waals surface area contributed by atoms with Crippen molar-refractivity contribution in [3.63, 3.8) is 0 Å². The second-order valence-corrected chi connectivity index (χ2v) is 7.51. The number of esters is 1. The zero-order chi connectivity index (χ0) is 17.9. The van der Waals surface area contributed by atoms with Gasteiger partial charge in [-0.25, -0.2) is 8.78 Å². The van der Waals surface area contributed by atoms with Crippen LogP contribution in [-0.2, 0) is 22.4 Å². The van der Waals surface area contributed by atoms with Crippen LogP contribution in [-0.4, -0.2) is 23.7 Å². The van der Waals surface area contributed by atoms with Crippen LogP contribution in [0.15, 0.2) is 12.1 Å². The summed E-state index contributed by atoms with van der Waals surface area (Å²) in [6.07, 6.45) is 3.34. The number of carbonyl (C=O) groups is 1. The molecular formula is C19H28ClF2NO2. The molecule has 0 aliphatic heterocycles. The number of benzene rings is 1. The molecular weight excluding hydrogens is 348 g/mol. The van der Waals surface area contributed by atoms with Crippen molar-refractivity contribution in [1.29, 1.82) is 0 Å². The Hall–Kier alpha value is -1.20. The van der Waals surface area contributed by atoms with E-state index < -0.39 is 23.3 Å². The molecule has 6 heteroatoms. The molecule has 0 amide bonds. The van der Waals surface area contributed by atoms with Gasteiger partial charge in [-0.05, 0) is 63.6 Å². The second kappa shape index (κ2) is 8.95. The standard InChI is InChI=1S/C19H27F2NO2.ClH/c1-5-6-17(18(23)24-19(2,3)4)22-14-8-7-12-9-13(20)10-16(21)15(12)11-14;/h9-10,14,17,22H,5-8,11H2,1-4H3;1H/t14-,17+;/m1./s1. The number of aryl methyl sites for hydroxylation is 1. The van der Waals surface area contributed by atoms with Gasteiger partial charge in [0.25, 0.3) is 0 Å². The molecule has 0 saturated heterocycles. The van der Waals surface area contributed by atoms with Gasteiger partial charge in [-0.2, -0.15) is 0 Å². The molecule has 1 aliphatic rings. The fraction of sp³-hybridized carbons (Fsp3) is 0.632. The maximum Gasteiger partial charge on any atom is 0.323 e. The monoisotopic (exact) mass is 375 g/mol. The van der Waals surface area contributed by atoms with Crippen LogP contribution in [0.3, 0.4) is 0 Å². The van der Waals surface area contributed by atoms with E-state index in [-0.39, 0.29) is 24.4 Å². The molecule has 0 spiro atoms. The van der Waals surface area contributed by atoms with Crippen LogP contribution in [0, 0.1) is 11.6 Å². The SMILES string of the molecule is CCC[C@H](N[C@@H]1CCc2cc(F)cc(F)c2C1)C(=O)OC(C)(C)C.Cl. The number of rotatable bonds is 5. The minimum Gasteiger partial charge on any atom is -0.459 e. The van der Waals surface area contributed by atoms with E-state index in [1.165, 1.54) is 6.07 Å². The third-order valence-corrected chi connectivity index (χ3v) is 4.17. The zero-order valence-corrected chi connectivity index (χ0v) is 16.1. The fourth-order valence-corrected chi connectivity index (χ4v) is 3.14. The number of halogens is 3. The number of hydrogen-bond donors (Lipinski definition) is 1. The highest BCUT2D eigenvalue weighted by Crippen LogP contribution is 2.26. The van der Waals surface area contributed by atoms with E-state index in [1.807, 2.05) is 27.7 Å². The van der Waals surface area contributed by atoms with Gasteiger partial charge in [-0.3, -0.25) is 4.79 Å². The van der Waals surface area contributed by atoms with E-state index in [4.69, 9.17) is 4.74 Å². The Labute approximate surface area is 154 Å². The second-order valence-electron chi connectivity index (χ2n) is 7.51. The first-order valence-corrected chi connectivity index (χ1v) is 8.65. The summed E-state index contributed by atoms with van der Waals surface area (Å²) in [4.78, 5) is 12.4. The molecule has 2 rings (SSSR count). The Kier molecular flexibility index (Phi) is 7.82. The van der Waals surface area contributed by atoms with Crippen molar-refractivity contribution >= 4 is 18.4 Å². The van der Waals surface area contributed by atoms with E-state index in [0.717, 1.165) is 24.5 Å². The molecule has 0 saturated carbocycles. The van der Waals surface area contributed by atoms with Gasteiger partial charge in [-0.1, -0.05) is 13.3 Å². The summed E-state index contributed by atoms with van der Waals surface area (Å²) in [7, 11) is 0. The van der Waals surface area contributed by atoms with Gasteiger partial charge in [-0.15, -0.1) is 12.4 Å². The van der Waals surface area contributed by atoms with Crippen molar-refractivity contribution in [1.82, 2.24) is 5.32 Å². The quantitative estimate of drug-likeness (QED) is 0.778. The number of ether oxygens (including phenoxy) is 1. The average molecular weight is 376 g/mol. The Morgan fingerprint density at radius 2 is 2.04 bits per heavy atom. The molecule has 1 N–H and O–H groups in total. The minimum atomic E-state index is -0.534. The van der Waals surface area contributed by atoms with Crippen LogP contribution in [0.1, 0.15) is 58.1 Å². The lowest BCUT2D eigenvalue weighted by molar-refractivity contribution is -0.158. The predicted molar refractivity (Wildman–Crippen MR) is 97.1 cm³/mol. The topological polar surface area (TPSA) is 38.3 Å². The molecule has 0 radical (unpaired) electrons. The van der Waals surface area contributed by atoms with Crippen molar-refractivity contribution < 1.29 is 18.3 Å². The van der Waals surface area contributed by atoms with Crippen molar-refractivity contribution in [2.45, 2.75) is 77.5 Å². The molecule has 3 nitrogen and oxygen atoms in total. The maximum atomic E-state index is 14.0. The molecule has 1 aliphatic carbocycles. The van der Waals surface area contributed by atoms with Crippen molar-refractivity contribution in [3.05, 3.63) is 34.9 Å². The summed E-state index contributed by atoms with van der Waals surface area (Å²) in [6.45, 7) is 7.54. The fourth-order valence-electron chi connectivity index (χ4n) is 3.14. The minimum absolute atomic E-state index is 0. The van der Waals surface area contributed by atoms with Crippen LogP contribution in [0.4, 0.5) is 8.78 Å². The zero-order valence-electron chi connectivity index (χ0n) is 15.3. The normalized spacial score (nSPS) is 18.1. The summed E-state index contributed by atoms with van der Waals surface area (Å²) in [5, 5.41) is 3.33. The lowest BCUT2D eigenvalue weighted by atomic mass is 9.87. The van der Waals surface area contributed by atoms with Crippen LogP contribution in [0.2, 0.25) is 0 Å². The Morgan fingerprint density at radius 3 is 2.64 bits per heavy atom. The highest BCUT2D eigenvalue weighted by molar-refractivity contribution is 5.85. The maximum absolute atomic E-state index is 14.0. The molecule has 0 heterocycles. The van der Waals surface area contributed by atoms with Crippen LogP contribution >= 0.6 is 12.4 Å². The van der Waals surface area contributed by atoms with Gasteiger partial charge in [0.15, 0.2) is 0 Å². The summed E-state index contributed by atoms with van der Waals surface area (Å²) < 4.78 is 32.8. The lowest BCUT2D eigenvalue weighted by Crippen LogP contribution is -2.48. The molecule has 1 aromatic carbocycles. The average Bonchev–Trinajstić information content (AvgIpc) is 2.45. The smallest absolute Gasteiger partial charge is 0.323 e. The Balaban J connectivity index is 0.00000312. The Bertz CT molecular complexity index is 602. The number of carbonyl (C=O) groups excluding carboxylic acids is 1. The van der Waals surface area contributed by atoms with Gasteiger partial charge in [0.1, 0.15) is 23.3 Å². The predicted octanol–water partition coefficient (Wildman–Crippen LogP) is 4.34. The first-order chi connectivity index (χ1) is 11.2. The molecule has 0 fully saturated rings. The first-order valence-electron chi connectivity index (χ1n) is 8.65. The third-order valence-electron chi connectivity index (χ3n) is 4.17. The van der Waals surface area contributed by atoms with E-state index in [2.05, 4.69) is 5.32 Å². The summed E-state index contributed by atoms with van der Waals surface area (Å²) in [5.41, 5.74) is 0.752. The van der Waals surface area contributed by atoms with Gasteiger partial charge >= 0.3 is 5.97 Å². The van der Waals surface area contributed by atoms with Crippen LogP contribution in [0.25, 0.3) is 0 Å². The first kappa shape index (κ1) is 21.8. The van der Waals surface area contributed by atoms with E-state index in [9.17, 15) is 13.6 Å². The Morgan fingerprint density at radius 1 is 1.36 bits per heavy atom. The highest BCUT2D eigenvalue weighted by Gasteiger charge is 2.29. The number of nitrogens with one attached hydrogen (secondary N) is 1. The molecule has 0 bridgehead atoms. The third kappa shape index (κ3) is 6.23. The number of hydrogen-bond acceptors (Lipinski definition) is 3. The summed E-state index contributed by atoms with van der Waals surface area (Å²) in [6, 6.07) is 1.93. The largest absolute Gasteiger partial charge is 0.459 e. The van der Waals surface area contributed by atoms with E-state index >= 15 is 0 Å². The van der Waals surface area contributed by atoms with Crippen molar-refractivity contribution in [2.24, 2.45) is 0 Å².